The molecular formula is C17H22N2O. The third-order valence-electron chi connectivity index (χ3n) is 3.09. The monoisotopic (exact) mass is 270 g/mol. The number of nitrogens with zero attached hydrogens (tertiary/aromatic N) is 1. The van der Waals surface area contributed by atoms with E-state index in [2.05, 4.69) is 47.5 Å². The van der Waals surface area contributed by atoms with E-state index >= 15 is 0 Å². The van der Waals surface area contributed by atoms with Crippen LogP contribution in [0, 0.1) is 6.92 Å². The second kappa shape index (κ2) is 6.85. The molecule has 0 unspecified atom stereocenters. The summed E-state index contributed by atoms with van der Waals surface area (Å²) in [7, 11) is 4.05. The average Bonchev–Trinajstić information content (AvgIpc) is 2.46. The summed E-state index contributed by atoms with van der Waals surface area (Å²) < 4.78 is 5.75. The Morgan fingerprint density at radius 3 is 2.50 bits per heavy atom. The number of nitrogens with one attached hydrogen (secondary N) is 1. The SMILES string of the molecule is Cc1ccc(NCCOc2cccc(N(C)C)c2)cc1. The molecule has 3 nitrogen and oxygen atoms in total. The Labute approximate surface area is 121 Å². The number of hydrogen-bond donors (Lipinski definition) is 1. The second-order valence-electron chi connectivity index (χ2n) is 5.03. The molecule has 2 rings (SSSR count). The largest absolute Gasteiger partial charge is 0.492 e. The minimum atomic E-state index is 0.644. The first-order chi connectivity index (χ1) is 9.65. The molecule has 106 valence electrons. The Hall–Kier alpha value is -2.16. The van der Waals surface area contributed by atoms with Crippen LogP contribution in [0.4, 0.5) is 11.4 Å². The molecule has 0 amide bonds. The fourth-order valence-corrected chi connectivity index (χ4v) is 1.89. The highest BCUT2D eigenvalue weighted by atomic mass is 16.5. The van der Waals surface area contributed by atoms with Crippen molar-refractivity contribution in [3.05, 3.63) is 54.1 Å². The predicted molar refractivity (Wildman–Crippen MR) is 85.9 cm³/mol. The standard InChI is InChI=1S/C17H22N2O/c1-14-7-9-15(10-8-14)18-11-12-20-17-6-4-5-16(13-17)19(2)3/h4-10,13,18H,11-12H2,1-3H3. The summed E-state index contributed by atoms with van der Waals surface area (Å²) >= 11 is 0. The first kappa shape index (κ1) is 14.3. The number of hydrogen-bond acceptors (Lipinski definition) is 3. The van der Waals surface area contributed by atoms with Crippen LogP contribution in [0.2, 0.25) is 0 Å². The highest BCUT2D eigenvalue weighted by Crippen LogP contribution is 2.19. The van der Waals surface area contributed by atoms with E-state index in [-0.39, 0.29) is 0 Å². The van der Waals surface area contributed by atoms with Crippen molar-refractivity contribution in [3.8, 4) is 5.75 Å². The van der Waals surface area contributed by atoms with Gasteiger partial charge in [0.25, 0.3) is 0 Å². The molecule has 0 aliphatic carbocycles. The molecule has 0 radical (unpaired) electrons. The summed E-state index contributed by atoms with van der Waals surface area (Å²) in [5, 5.41) is 3.34. The van der Waals surface area contributed by atoms with E-state index in [9.17, 15) is 0 Å². The highest BCUT2D eigenvalue weighted by molar-refractivity contribution is 5.49. The lowest BCUT2D eigenvalue weighted by atomic mass is 10.2. The van der Waals surface area contributed by atoms with Gasteiger partial charge in [0.15, 0.2) is 0 Å². The molecule has 0 heterocycles. The topological polar surface area (TPSA) is 24.5 Å². The first-order valence-corrected chi connectivity index (χ1v) is 6.86. The van der Waals surface area contributed by atoms with Gasteiger partial charge in [0.05, 0.1) is 0 Å². The Morgan fingerprint density at radius 1 is 1.05 bits per heavy atom. The van der Waals surface area contributed by atoms with Crippen LogP contribution in [0.15, 0.2) is 48.5 Å². The van der Waals surface area contributed by atoms with Gasteiger partial charge >= 0.3 is 0 Å². The van der Waals surface area contributed by atoms with Crippen LogP contribution in [0.3, 0.4) is 0 Å². The van der Waals surface area contributed by atoms with Crippen molar-refractivity contribution in [2.75, 3.05) is 37.5 Å². The number of rotatable bonds is 6. The van der Waals surface area contributed by atoms with Crippen LogP contribution in [-0.2, 0) is 0 Å². The van der Waals surface area contributed by atoms with Crippen LogP contribution in [0.1, 0.15) is 5.56 Å². The Morgan fingerprint density at radius 2 is 1.80 bits per heavy atom. The van der Waals surface area contributed by atoms with Crippen molar-refractivity contribution in [1.29, 1.82) is 0 Å². The summed E-state index contributed by atoms with van der Waals surface area (Å²) in [6.45, 7) is 3.52. The molecule has 0 saturated heterocycles. The molecule has 0 aliphatic heterocycles. The van der Waals surface area contributed by atoms with Crippen LogP contribution in [0.25, 0.3) is 0 Å². The van der Waals surface area contributed by atoms with Crippen molar-refractivity contribution < 1.29 is 4.74 Å². The molecule has 0 atom stereocenters. The Kier molecular flexibility index (Phi) is 4.88. The molecule has 0 spiro atoms. The molecule has 0 bridgehead atoms. The lowest BCUT2D eigenvalue weighted by Crippen LogP contribution is -2.12. The van der Waals surface area contributed by atoms with Crippen LogP contribution in [-0.4, -0.2) is 27.2 Å². The molecule has 2 aromatic rings. The van der Waals surface area contributed by atoms with Crippen LogP contribution >= 0.6 is 0 Å². The lowest BCUT2D eigenvalue weighted by Gasteiger charge is -2.14. The average molecular weight is 270 g/mol. The Bertz CT molecular complexity index is 535. The smallest absolute Gasteiger partial charge is 0.121 e. The van der Waals surface area contributed by atoms with Gasteiger partial charge in [-0.1, -0.05) is 23.8 Å². The zero-order valence-corrected chi connectivity index (χ0v) is 12.4. The van der Waals surface area contributed by atoms with E-state index in [1.54, 1.807) is 0 Å². The summed E-state index contributed by atoms with van der Waals surface area (Å²) in [6.07, 6.45) is 0. The van der Waals surface area contributed by atoms with E-state index < -0.39 is 0 Å². The maximum atomic E-state index is 5.75. The fraction of sp³-hybridized carbons (Fsp3) is 0.294. The van der Waals surface area contributed by atoms with Gasteiger partial charge in [0.1, 0.15) is 12.4 Å². The number of aryl methyl sites for hydroxylation is 1. The van der Waals surface area contributed by atoms with E-state index in [1.165, 1.54) is 5.56 Å². The molecule has 0 saturated carbocycles. The van der Waals surface area contributed by atoms with Gasteiger partial charge in [0, 0.05) is 38.1 Å². The molecule has 20 heavy (non-hydrogen) atoms. The Balaban J connectivity index is 1.78. The minimum absolute atomic E-state index is 0.644. The minimum Gasteiger partial charge on any atom is -0.492 e. The molecular weight excluding hydrogens is 248 g/mol. The van der Waals surface area contributed by atoms with Gasteiger partial charge in [-0.25, -0.2) is 0 Å². The number of benzene rings is 2. The second-order valence-corrected chi connectivity index (χ2v) is 5.03. The van der Waals surface area contributed by atoms with Gasteiger partial charge in [-0.3, -0.25) is 0 Å². The molecule has 0 aromatic heterocycles. The summed E-state index contributed by atoms with van der Waals surface area (Å²) in [5.41, 5.74) is 3.54. The molecule has 1 N–H and O–H groups in total. The van der Waals surface area contributed by atoms with E-state index in [0.717, 1.165) is 23.7 Å². The quantitative estimate of drug-likeness (QED) is 0.812. The number of anilines is 2. The molecule has 0 fully saturated rings. The third kappa shape index (κ3) is 4.19. The van der Waals surface area contributed by atoms with Crippen molar-refractivity contribution in [3.63, 3.8) is 0 Å². The van der Waals surface area contributed by atoms with E-state index in [4.69, 9.17) is 4.74 Å². The zero-order chi connectivity index (χ0) is 14.4. The summed E-state index contributed by atoms with van der Waals surface area (Å²) in [5.74, 6) is 0.905. The number of ether oxygens (including phenoxy) is 1. The van der Waals surface area contributed by atoms with Crippen molar-refractivity contribution in [2.24, 2.45) is 0 Å². The van der Waals surface area contributed by atoms with Crippen LogP contribution in [0.5, 0.6) is 5.75 Å². The third-order valence-corrected chi connectivity index (χ3v) is 3.09. The lowest BCUT2D eigenvalue weighted by molar-refractivity contribution is 0.333. The first-order valence-electron chi connectivity index (χ1n) is 6.86. The van der Waals surface area contributed by atoms with Gasteiger partial charge in [-0.15, -0.1) is 0 Å². The maximum Gasteiger partial charge on any atom is 0.121 e. The van der Waals surface area contributed by atoms with Crippen molar-refractivity contribution >= 4 is 11.4 Å². The summed E-state index contributed by atoms with van der Waals surface area (Å²) in [4.78, 5) is 2.07. The van der Waals surface area contributed by atoms with Crippen molar-refractivity contribution in [1.82, 2.24) is 0 Å². The zero-order valence-electron chi connectivity index (χ0n) is 12.4. The van der Waals surface area contributed by atoms with Crippen LogP contribution < -0.4 is 15.0 Å². The maximum absolute atomic E-state index is 5.75. The highest BCUT2D eigenvalue weighted by Gasteiger charge is 1.98. The normalized spacial score (nSPS) is 10.2. The van der Waals surface area contributed by atoms with Gasteiger partial charge in [0.2, 0.25) is 0 Å². The van der Waals surface area contributed by atoms with Gasteiger partial charge in [-0.2, -0.15) is 0 Å². The van der Waals surface area contributed by atoms with Gasteiger partial charge < -0.3 is 15.0 Å². The molecule has 3 heteroatoms. The fourth-order valence-electron chi connectivity index (χ4n) is 1.89. The molecule has 2 aromatic carbocycles. The van der Waals surface area contributed by atoms with E-state index in [0.29, 0.717) is 6.61 Å². The summed E-state index contributed by atoms with van der Waals surface area (Å²) in [6, 6.07) is 16.5. The predicted octanol–water partition coefficient (Wildman–Crippen LogP) is 3.55. The van der Waals surface area contributed by atoms with Gasteiger partial charge in [-0.05, 0) is 31.2 Å². The van der Waals surface area contributed by atoms with Crippen molar-refractivity contribution in [2.45, 2.75) is 6.92 Å². The molecule has 0 aliphatic rings. The van der Waals surface area contributed by atoms with E-state index in [1.807, 2.05) is 32.3 Å².